The number of hydrogen-bond acceptors (Lipinski definition) is 8. The first-order chi connectivity index (χ1) is 21.4. The third kappa shape index (κ3) is 6.24. The lowest BCUT2D eigenvalue weighted by molar-refractivity contribution is -0.139. The average Bonchev–Trinajstić information content (AvgIpc) is 3.07. The lowest BCUT2D eigenvalue weighted by atomic mass is 9.68. The molecule has 8 nitrogen and oxygen atoms in total. The Kier molecular flexibility index (Phi) is 9.47. The van der Waals surface area contributed by atoms with Gasteiger partial charge in [-0.15, -0.1) is 0 Å². The van der Waals surface area contributed by atoms with Gasteiger partial charge in [0.05, 0.1) is 42.4 Å². The van der Waals surface area contributed by atoms with E-state index in [0.29, 0.717) is 23.2 Å². The van der Waals surface area contributed by atoms with Crippen LogP contribution in [0, 0.1) is 11.3 Å². The van der Waals surface area contributed by atoms with Crippen molar-refractivity contribution < 1.29 is 19.1 Å². The van der Waals surface area contributed by atoms with Gasteiger partial charge in [0, 0.05) is 17.7 Å². The number of methoxy groups -OCH3 is 1. The van der Waals surface area contributed by atoms with Crippen molar-refractivity contribution in [2.45, 2.75) is 37.5 Å². The van der Waals surface area contributed by atoms with Gasteiger partial charge in [-0.1, -0.05) is 72.8 Å². The first-order valence-electron chi connectivity index (χ1n) is 14.9. The van der Waals surface area contributed by atoms with E-state index in [4.69, 9.17) is 15.2 Å². The number of ether oxygens (including phenoxy) is 2. The SMILES string of the molecule is COC(=O)C1=C(N)NC(C)=C(C(=O)OCCCN2CCC(c3ccccc3)(c3ccccc3)CC2)C1c1cccc(C#N)c1. The molecule has 1 saturated heterocycles. The number of carbonyl (C=O) groups excluding carboxylic acids is 2. The van der Waals surface area contributed by atoms with Gasteiger partial charge in [0.15, 0.2) is 0 Å². The van der Waals surface area contributed by atoms with Crippen LogP contribution in [0.1, 0.15) is 54.4 Å². The Hall–Kier alpha value is -4.87. The third-order valence-corrected chi connectivity index (χ3v) is 8.78. The maximum atomic E-state index is 13.5. The van der Waals surface area contributed by atoms with Crippen molar-refractivity contribution in [2.75, 3.05) is 33.4 Å². The standard InChI is InChI=1S/C36H38N4O4/c1-25-30(31(27-12-9-11-26(23-27)24-37)32(33(38)39-25)34(41)43-2)35(42)44-22-10-19-40-20-17-36(18-21-40,28-13-5-3-6-14-28)29-15-7-4-8-16-29/h3-9,11-16,23,31,39H,10,17-22,38H2,1-2H3. The van der Waals surface area contributed by atoms with Crippen molar-refractivity contribution in [3.8, 4) is 6.07 Å². The number of carbonyl (C=O) groups is 2. The molecule has 3 N–H and O–H groups in total. The molecule has 2 aliphatic rings. The summed E-state index contributed by atoms with van der Waals surface area (Å²) in [7, 11) is 1.26. The molecule has 0 radical (unpaired) electrons. The number of piperidine rings is 1. The topological polar surface area (TPSA) is 118 Å². The highest BCUT2D eigenvalue weighted by molar-refractivity contribution is 5.99. The van der Waals surface area contributed by atoms with Gasteiger partial charge < -0.3 is 25.4 Å². The van der Waals surface area contributed by atoms with Gasteiger partial charge >= 0.3 is 11.9 Å². The number of nitrogens with two attached hydrogens (primary N) is 1. The lowest BCUT2D eigenvalue weighted by Crippen LogP contribution is -2.43. The zero-order valence-electron chi connectivity index (χ0n) is 25.2. The normalized spacial score (nSPS) is 18.2. The minimum absolute atomic E-state index is 0.0198. The number of nitriles is 1. The van der Waals surface area contributed by atoms with Crippen molar-refractivity contribution in [1.29, 1.82) is 5.26 Å². The average molecular weight is 591 g/mol. The number of allylic oxidation sites excluding steroid dienone is 1. The van der Waals surface area contributed by atoms with E-state index in [1.165, 1.54) is 18.2 Å². The number of nitrogens with zero attached hydrogens (tertiary/aromatic N) is 2. The predicted molar refractivity (Wildman–Crippen MR) is 168 cm³/mol. The number of hydrogen-bond donors (Lipinski definition) is 2. The number of dihydropyridines is 1. The van der Waals surface area contributed by atoms with Crippen LogP contribution in [0.5, 0.6) is 0 Å². The zero-order valence-corrected chi connectivity index (χ0v) is 25.2. The van der Waals surface area contributed by atoms with Crippen LogP contribution in [0.15, 0.2) is 108 Å². The maximum absolute atomic E-state index is 13.5. The molecule has 0 bridgehead atoms. The van der Waals surface area contributed by atoms with Gasteiger partial charge in [0.1, 0.15) is 5.82 Å². The Balaban J connectivity index is 1.24. The largest absolute Gasteiger partial charge is 0.466 e. The smallest absolute Gasteiger partial charge is 0.338 e. The van der Waals surface area contributed by atoms with Crippen LogP contribution in [-0.2, 0) is 24.5 Å². The molecule has 5 rings (SSSR count). The fourth-order valence-electron chi connectivity index (χ4n) is 6.53. The molecule has 0 aromatic heterocycles. The van der Waals surface area contributed by atoms with E-state index in [0.717, 1.165) is 32.5 Å². The van der Waals surface area contributed by atoms with Gasteiger partial charge in [0.25, 0.3) is 0 Å². The molecule has 2 heterocycles. The Morgan fingerprint density at radius 3 is 2.18 bits per heavy atom. The van der Waals surface area contributed by atoms with Crippen LogP contribution in [0.25, 0.3) is 0 Å². The van der Waals surface area contributed by atoms with Crippen LogP contribution in [0.4, 0.5) is 0 Å². The number of nitrogens with one attached hydrogen (secondary N) is 1. The van der Waals surface area contributed by atoms with Crippen LogP contribution < -0.4 is 11.1 Å². The Morgan fingerprint density at radius 1 is 0.955 bits per heavy atom. The molecular weight excluding hydrogens is 552 g/mol. The van der Waals surface area contributed by atoms with Crippen LogP contribution in [0.3, 0.4) is 0 Å². The van der Waals surface area contributed by atoms with Crippen LogP contribution in [0.2, 0.25) is 0 Å². The molecule has 0 amide bonds. The van der Waals surface area contributed by atoms with E-state index in [1.807, 2.05) is 0 Å². The number of benzene rings is 3. The summed E-state index contributed by atoms with van der Waals surface area (Å²) in [4.78, 5) is 28.8. The minimum Gasteiger partial charge on any atom is -0.466 e. The van der Waals surface area contributed by atoms with E-state index < -0.39 is 17.9 Å². The zero-order chi connectivity index (χ0) is 31.1. The van der Waals surface area contributed by atoms with Gasteiger partial charge in [0.2, 0.25) is 0 Å². The fraction of sp³-hybridized carbons (Fsp3) is 0.306. The molecule has 3 aromatic rings. The molecule has 0 aliphatic carbocycles. The molecule has 1 unspecified atom stereocenters. The minimum atomic E-state index is -0.837. The van der Waals surface area contributed by atoms with Gasteiger partial charge in [-0.25, -0.2) is 9.59 Å². The first-order valence-corrected chi connectivity index (χ1v) is 14.9. The van der Waals surface area contributed by atoms with E-state index >= 15 is 0 Å². The lowest BCUT2D eigenvalue weighted by Gasteiger charge is -2.43. The summed E-state index contributed by atoms with van der Waals surface area (Å²) in [5, 5.41) is 12.4. The highest BCUT2D eigenvalue weighted by Gasteiger charge is 2.39. The predicted octanol–water partition coefficient (Wildman–Crippen LogP) is 4.88. The summed E-state index contributed by atoms with van der Waals surface area (Å²) in [5.41, 5.74) is 10.7. The Labute approximate surface area is 258 Å². The van der Waals surface area contributed by atoms with Gasteiger partial charge in [-0.05, 0) is 68.1 Å². The van der Waals surface area contributed by atoms with Crippen molar-refractivity contribution in [2.24, 2.45) is 5.73 Å². The summed E-state index contributed by atoms with van der Waals surface area (Å²) in [5.74, 6) is -1.93. The summed E-state index contributed by atoms with van der Waals surface area (Å²) in [6.07, 6.45) is 2.68. The second-order valence-electron chi connectivity index (χ2n) is 11.3. The van der Waals surface area contributed by atoms with E-state index in [2.05, 4.69) is 76.9 Å². The monoisotopic (exact) mass is 590 g/mol. The molecule has 44 heavy (non-hydrogen) atoms. The van der Waals surface area contributed by atoms with Gasteiger partial charge in [-0.3, -0.25) is 0 Å². The molecule has 3 aromatic carbocycles. The van der Waals surface area contributed by atoms with E-state index in [-0.39, 0.29) is 29.0 Å². The molecular formula is C36H38N4O4. The third-order valence-electron chi connectivity index (χ3n) is 8.78. The second-order valence-corrected chi connectivity index (χ2v) is 11.3. The quantitative estimate of drug-likeness (QED) is 0.268. The molecule has 8 heteroatoms. The summed E-state index contributed by atoms with van der Waals surface area (Å²) < 4.78 is 10.8. The van der Waals surface area contributed by atoms with E-state index in [1.54, 1.807) is 31.2 Å². The molecule has 0 saturated carbocycles. The molecule has 1 atom stereocenters. The molecule has 226 valence electrons. The maximum Gasteiger partial charge on any atom is 0.338 e. The van der Waals surface area contributed by atoms with Crippen molar-refractivity contribution in [3.63, 3.8) is 0 Å². The summed E-state index contributed by atoms with van der Waals surface area (Å²) in [6, 6.07) is 30.4. The van der Waals surface area contributed by atoms with E-state index in [9.17, 15) is 14.9 Å². The summed E-state index contributed by atoms with van der Waals surface area (Å²) in [6.45, 7) is 4.63. The number of esters is 2. The molecule has 2 aliphatic heterocycles. The Bertz CT molecular complexity index is 1560. The van der Waals surface area contributed by atoms with Crippen LogP contribution >= 0.6 is 0 Å². The van der Waals surface area contributed by atoms with Crippen molar-refractivity contribution >= 4 is 11.9 Å². The Morgan fingerprint density at radius 2 is 1.59 bits per heavy atom. The number of rotatable bonds is 9. The molecule has 0 spiro atoms. The van der Waals surface area contributed by atoms with Gasteiger partial charge in [-0.2, -0.15) is 5.26 Å². The fourth-order valence-corrected chi connectivity index (χ4v) is 6.53. The first kappa shape index (κ1) is 30.6. The highest BCUT2D eigenvalue weighted by Crippen LogP contribution is 2.42. The number of likely N-dealkylation sites (tertiary alicyclic amines) is 1. The summed E-state index contributed by atoms with van der Waals surface area (Å²) >= 11 is 0. The molecule has 1 fully saturated rings. The van der Waals surface area contributed by atoms with Crippen molar-refractivity contribution in [1.82, 2.24) is 10.2 Å². The van der Waals surface area contributed by atoms with Crippen LogP contribution in [-0.4, -0.2) is 50.2 Å². The highest BCUT2D eigenvalue weighted by atomic mass is 16.5. The second kappa shape index (κ2) is 13.6. The van der Waals surface area contributed by atoms with Crippen molar-refractivity contribution in [3.05, 3.63) is 130 Å².